The Morgan fingerprint density at radius 3 is 2.78 bits per heavy atom. The highest BCUT2D eigenvalue weighted by atomic mass is 79.9. The smallest absolute Gasteiger partial charge is 0.338 e. The molecule has 10 heteroatoms. The first-order valence-corrected chi connectivity index (χ1v) is 14.9. The van der Waals surface area contributed by atoms with Gasteiger partial charge in [0, 0.05) is 10.4 Å². The summed E-state index contributed by atoms with van der Waals surface area (Å²) >= 11 is 4.98. The van der Waals surface area contributed by atoms with E-state index in [1.54, 1.807) is 24.5 Å². The van der Waals surface area contributed by atoms with Gasteiger partial charge in [-0.3, -0.25) is 9.36 Å². The van der Waals surface area contributed by atoms with E-state index in [1.807, 2.05) is 60.7 Å². The standard InChI is InChI=1S/C31H27BrN2O6S/c1-3-37-30(36)27-18(2)33-31-34(28(27)21-10-12-24-25(15-21)40-17-39-24)29(35)26(41-31)14-20-9-11-23(22(32)13-20)38-16-19-7-5-4-6-8-19/h4-12,14-15,20,28H,3,13,16-17H2,1-2H3/b26-14-. The lowest BCUT2D eigenvalue weighted by Gasteiger charge is -2.24. The van der Waals surface area contributed by atoms with E-state index < -0.39 is 12.0 Å². The molecule has 3 aliphatic rings. The van der Waals surface area contributed by atoms with Gasteiger partial charge in [0.15, 0.2) is 16.3 Å². The molecule has 1 aliphatic carbocycles. The Kier molecular flexibility index (Phi) is 7.68. The lowest BCUT2D eigenvalue weighted by Crippen LogP contribution is -2.40. The highest BCUT2D eigenvalue weighted by Crippen LogP contribution is 2.38. The molecular weight excluding hydrogens is 608 g/mol. The van der Waals surface area contributed by atoms with E-state index in [9.17, 15) is 9.59 Å². The fraction of sp³-hybridized carbons (Fsp3) is 0.258. The SMILES string of the molecule is CCOC(=O)C1=C(C)N=c2s/c(=C\C3C=CC(OCc4ccccc4)=C(Br)C3)c(=O)n2C1c1ccc2c(c1)OCO2. The van der Waals surface area contributed by atoms with Crippen LogP contribution < -0.4 is 24.4 Å². The number of hydrogen-bond acceptors (Lipinski definition) is 8. The van der Waals surface area contributed by atoms with Gasteiger partial charge in [-0.05, 0) is 49.6 Å². The van der Waals surface area contributed by atoms with Gasteiger partial charge in [0.05, 0.1) is 28.5 Å². The fourth-order valence-electron chi connectivity index (χ4n) is 5.05. The summed E-state index contributed by atoms with van der Waals surface area (Å²) in [5.74, 6) is 1.44. The molecule has 3 aromatic rings. The number of nitrogens with zero attached hydrogens (tertiary/aromatic N) is 2. The Morgan fingerprint density at radius 1 is 1.20 bits per heavy atom. The largest absolute Gasteiger partial charge is 0.488 e. The normalized spacial score (nSPS) is 19.7. The van der Waals surface area contributed by atoms with Gasteiger partial charge in [-0.2, -0.15) is 0 Å². The van der Waals surface area contributed by atoms with E-state index in [2.05, 4.69) is 20.9 Å². The fourth-order valence-corrected chi connectivity index (χ4v) is 6.77. The first kappa shape index (κ1) is 27.3. The van der Waals surface area contributed by atoms with Crippen molar-refractivity contribution in [1.29, 1.82) is 0 Å². The molecule has 2 aliphatic heterocycles. The number of aromatic nitrogens is 1. The molecule has 41 heavy (non-hydrogen) atoms. The molecule has 0 amide bonds. The first-order valence-electron chi connectivity index (χ1n) is 13.3. The second-order valence-electron chi connectivity index (χ2n) is 9.71. The number of esters is 1. The number of carbonyl (C=O) groups is 1. The van der Waals surface area contributed by atoms with Gasteiger partial charge in [0.1, 0.15) is 12.4 Å². The van der Waals surface area contributed by atoms with E-state index in [0.717, 1.165) is 15.8 Å². The number of ether oxygens (including phenoxy) is 4. The molecule has 0 saturated heterocycles. The van der Waals surface area contributed by atoms with Crippen molar-refractivity contribution in [1.82, 2.24) is 4.57 Å². The van der Waals surface area contributed by atoms with Crippen LogP contribution in [0.15, 0.2) is 92.0 Å². The van der Waals surface area contributed by atoms with Gasteiger partial charge in [-0.25, -0.2) is 9.79 Å². The lowest BCUT2D eigenvalue weighted by atomic mass is 9.95. The van der Waals surface area contributed by atoms with E-state index in [4.69, 9.17) is 18.9 Å². The highest BCUT2D eigenvalue weighted by molar-refractivity contribution is 9.11. The van der Waals surface area contributed by atoms with Crippen LogP contribution in [-0.2, 0) is 20.9 Å². The van der Waals surface area contributed by atoms with Crippen molar-refractivity contribution in [2.45, 2.75) is 32.9 Å². The molecule has 0 N–H and O–H groups in total. The average Bonchev–Trinajstić information content (AvgIpc) is 3.56. The summed E-state index contributed by atoms with van der Waals surface area (Å²) in [5.41, 5.74) is 2.43. The summed E-state index contributed by atoms with van der Waals surface area (Å²) in [5, 5.41) is 0. The van der Waals surface area contributed by atoms with Crippen molar-refractivity contribution < 1.29 is 23.7 Å². The molecule has 0 saturated carbocycles. The molecule has 1 aromatic heterocycles. The molecule has 0 radical (unpaired) electrons. The summed E-state index contributed by atoms with van der Waals surface area (Å²) in [6.45, 7) is 4.33. The number of benzene rings is 2. The Bertz CT molecular complexity index is 1790. The Balaban J connectivity index is 1.34. The molecule has 0 bridgehead atoms. The van der Waals surface area contributed by atoms with Gasteiger partial charge in [0.2, 0.25) is 6.79 Å². The minimum atomic E-state index is -0.714. The van der Waals surface area contributed by atoms with Crippen LogP contribution in [0, 0.1) is 5.92 Å². The van der Waals surface area contributed by atoms with Crippen LogP contribution in [0.5, 0.6) is 11.5 Å². The zero-order valence-corrected chi connectivity index (χ0v) is 24.9. The van der Waals surface area contributed by atoms with Crippen molar-refractivity contribution in [3.8, 4) is 11.5 Å². The van der Waals surface area contributed by atoms with Gasteiger partial charge in [-0.1, -0.05) is 75.8 Å². The number of fused-ring (bicyclic) bond motifs is 2. The monoisotopic (exact) mass is 634 g/mol. The Labute approximate surface area is 248 Å². The molecule has 2 unspecified atom stereocenters. The third-order valence-electron chi connectivity index (χ3n) is 7.01. The summed E-state index contributed by atoms with van der Waals surface area (Å²) in [4.78, 5) is 32.2. The average molecular weight is 636 g/mol. The molecule has 2 aromatic carbocycles. The van der Waals surface area contributed by atoms with Crippen LogP contribution >= 0.6 is 27.3 Å². The van der Waals surface area contributed by atoms with Crippen LogP contribution in [0.3, 0.4) is 0 Å². The van der Waals surface area contributed by atoms with E-state index in [1.165, 1.54) is 11.3 Å². The number of rotatable bonds is 7. The van der Waals surface area contributed by atoms with Crippen molar-refractivity contribution in [2.24, 2.45) is 10.9 Å². The number of thiazole rings is 1. The number of carbonyl (C=O) groups excluding carboxylic acids is 1. The van der Waals surface area contributed by atoms with E-state index >= 15 is 0 Å². The Hall–Kier alpha value is -3.89. The predicted molar refractivity (Wildman–Crippen MR) is 158 cm³/mol. The zero-order chi connectivity index (χ0) is 28.5. The molecule has 8 nitrogen and oxygen atoms in total. The molecule has 2 atom stereocenters. The molecular formula is C31H27BrN2O6S. The minimum Gasteiger partial charge on any atom is -0.488 e. The molecule has 3 heterocycles. The van der Waals surface area contributed by atoms with Crippen LogP contribution in [-0.4, -0.2) is 23.9 Å². The van der Waals surface area contributed by atoms with Gasteiger partial charge in [-0.15, -0.1) is 0 Å². The van der Waals surface area contributed by atoms with Crippen molar-refractivity contribution in [3.05, 3.63) is 113 Å². The topological polar surface area (TPSA) is 88.4 Å². The van der Waals surface area contributed by atoms with Crippen LogP contribution in [0.1, 0.15) is 37.4 Å². The molecule has 0 spiro atoms. The lowest BCUT2D eigenvalue weighted by molar-refractivity contribution is -0.139. The number of hydrogen-bond donors (Lipinski definition) is 0. The van der Waals surface area contributed by atoms with Crippen LogP contribution in [0.2, 0.25) is 0 Å². The van der Waals surface area contributed by atoms with Gasteiger partial charge < -0.3 is 18.9 Å². The maximum Gasteiger partial charge on any atom is 0.338 e. The molecule has 0 fully saturated rings. The van der Waals surface area contributed by atoms with Crippen molar-refractivity contribution in [3.63, 3.8) is 0 Å². The maximum absolute atomic E-state index is 13.9. The van der Waals surface area contributed by atoms with E-state index in [-0.39, 0.29) is 24.9 Å². The highest BCUT2D eigenvalue weighted by Gasteiger charge is 2.34. The minimum absolute atomic E-state index is 0.0237. The van der Waals surface area contributed by atoms with Crippen LogP contribution in [0.25, 0.3) is 6.08 Å². The summed E-state index contributed by atoms with van der Waals surface area (Å²) in [6.07, 6.45) is 6.58. The molecule has 210 valence electrons. The van der Waals surface area contributed by atoms with Gasteiger partial charge in [0.25, 0.3) is 5.56 Å². The quantitative estimate of drug-likeness (QED) is 0.344. The number of allylic oxidation sites excluding steroid dienone is 4. The van der Waals surface area contributed by atoms with Gasteiger partial charge >= 0.3 is 5.97 Å². The predicted octanol–water partition coefficient (Wildman–Crippen LogP) is 4.88. The van der Waals surface area contributed by atoms with E-state index in [0.29, 0.717) is 50.7 Å². The maximum atomic E-state index is 13.9. The number of halogens is 1. The first-order chi connectivity index (χ1) is 19.9. The third kappa shape index (κ3) is 5.41. The van der Waals surface area contributed by atoms with Crippen molar-refractivity contribution in [2.75, 3.05) is 13.4 Å². The summed E-state index contributed by atoms with van der Waals surface area (Å²) in [6, 6.07) is 14.7. The zero-order valence-electron chi connectivity index (χ0n) is 22.5. The second-order valence-corrected chi connectivity index (χ2v) is 11.7. The summed E-state index contributed by atoms with van der Waals surface area (Å²) < 4.78 is 25.5. The third-order valence-corrected chi connectivity index (χ3v) is 8.72. The Morgan fingerprint density at radius 2 is 2.00 bits per heavy atom. The molecule has 6 rings (SSSR count). The van der Waals surface area contributed by atoms with Crippen molar-refractivity contribution >= 4 is 39.3 Å². The second kappa shape index (κ2) is 11.5. The van der Waals surface area contributed by atoms with Crippen LogP contribution in [0.4, 0.5) is 0 Å². The summed E-state index contributed by atoms with van der Waals surface area (Å²) in [7, 11) is 0.